The van der Waals surface area contributed by atoms with Gasteiger partial charge in [0.1, 0.15) is 5.75 Å². The van der Waals surface area contributed by atoms with Crippen molar-refractivity contribution in [2.45, 2.75) is 6.04 Å². The predicted molar refractivity (Wildman–Crippen MR) is 85.5 cm³/mol. The van der Waals surface area contributed by atoms with Gasteiger partial charge in [-0.1, -0.05) is 28.1 Å². The van der Waals surface area contributed by atoms with Crippen LogP contribution in [0.25, 0.3) is 0 Å². The lowest BCUT2D eigenvalue weighted by molar-refractivity contribution is -0.141. The molecule has 1 atom stereocenters. The summed E-state index contributed by atoms with van der Waals surface area (Å²) in [5, 5.41) is 3.17. The molecule has 0 radical (unpaired) electrons. The number of halogens is 1. The zero-order valence-electron chi connectivity index (χ0n) is 11.8. The van der Waals surface area contributed by atoms with Crippen LogP contribution in [0, 0.1) is 0 Å². The van der Waals surface area contributed by atoms with Crippen LogP contribution in [-0.4, -0.2) is 20.2 Å². The Kier molecular flexibility index (Phi) is 5.22. The van der Waals surface area contributed by atoms with Crippen molar-refractivity contribution in [3.05, 3.63) is 58.6 Å². The Bertz CT molecular complexity index is 596. The number of methoxy groups -OCH3 is 2. The van der Waals surface area contributed by atoms with Gasteiger partial charge in [0.15, 0.2) is 6.04 Å². The van der Waals surface area contributed by atoms with E-state index in [1.807, 2.05) is 48.5 Å². The van der Waals surface area contributed by atoms with E-state index in [9.17, 15) is 4.79 Å². The third kappa shape index (κ3) is 3.98. The van der Waals surface area contributed by atoms with Crippen molar-refractivity contribution in [1.82, 2.24) is 0 Å². The molecule has 0 bridgehead atoms. The summed E-state index contributed by atoms with van der Waals surface area (Å²) in [6.45, 7) is 0. The van der Waals surface area contributed by atoms with Gasteiger partial charge in [0.2, 0.25) is 0 Å². The fourth-order valence-corrected chi connectivity index (χ4v) is 2.17. The lowest BCUT2D eigenvalue weighted by Crippen LogP contribution is -2.22. The van der Waals surface area contributed by atoms with Crippen molar-refractivity contribution >= 4 is 27.6 Å². The first-order chi connectivity index (χ1) is 10.1. The Morgan fingerprint density at radius 3 is 2.19 bits per heavy atom. The fraction of sp³-hybridized carbons (Fsp3) is 0.188. The molecule has 21 heavy (non-hydrogen) atoms. The third-order valence-electron chi connectivity index (χ3n) is 3.04. The molecule has 0 aliphatic rings. The van der Waals surface area contributed by atoms with E-state index in [1.165, 1.54) is 7.11 Å². The second-order valence-corrected chi connectivity index (χ2v) is 5.30. The lowest BCUT2D eigenvalue weighted by atomic mass is 10.1. The molecule has 0 saturated heterocycles. The highest BCUT2D eigenvalue weighted by molar-refractivity contribution is 9.10. The number of carbonyl (C=O) groups is 1. The summed E-state index contributed by atoms with van der Waals surface area (Å²) in [7, 11) is 2.99. The standard InChI is InChI=1S/C16H16BrNO3/c1-20-14-9-7-13(8-10-14)18-15(16(19)21-2)11-3-5-12(17)6-4-11/h3-10,15,18H,1-2H3. The molecule has 0 heterocycles. The molecule has 2 rings (SSSR count). The van der Waals surface area contributed by atoms with Crippen molar-refractivity contribution in [2.75, 3.05) is 19.5 Å². The molecule has 0 aliphatic heterocycles. The van der Waals surface area contributed by atoms with Crippen molar-refractivity contribution in [1.29, 1.82) is 0 Å². The monoisotopic (exact) mass is 349 g/mol. The third-order valence-corrected chi connectivity index (χ3v) is 3.57. The van der Waals surface area contributed by atoms with Crippen LogP contribution in [0.1, 0.15) is 11.6 Å². The molecule has 110 valence electrons. The van der Waals surface area contributed by atoms with Gasteiger partial charge < -0.3 is 14.8 Å². The fourth-order valence-electron chi connectivity index (χ4n) is 1.91. The minimum absolute atomic E-state index is 0.340. The number of benzene rings is 2. The molecule has 2 aromatic carbocycles. The maximum atomic E-state index is 12.0. The molecule has 5 heteroatoms. The minimum Gasteiger partial charge on any atom is -0.497 e. The summed E-state index contributed by atoms with van der Waals surface area (Å²) >= 11 is 3.38. The van der Waals surface area contributed by atoms with Gasteiger partial charge in [-0.05, 0) is 42.0 Å². The van der Waals surface area contributed by atoms with Crippen molar-refractivity contribution in [3.8, 4) is 5.75 Å². The van der Waals surface area contributed by atoms with Gasteiger partial charge in [-0.2, -0.15) is 0 Å². The van der Waals surface area contributed by atoms with Crippen LogP contribution in [0.2, 0.25) is 0 Å². The quantitative estimate of drug-likeness (QED) is 0.834. The number of hydrogen-bond acceptors (Lipinski definition) is 4. The zero-order chi connectivity index (χ0) is 15.2. The highest BCUT2D eigenvalue weighted by atomic mass is 79.9. The Morgan fingerprint density at radius 1 is 1.05 bits per heavy atom. The van der Waals surface area contributed by atoms with Crippen LogP contribution in [0.3, 0.4) is 0 Å². The molecular weight excluding hydrogens is 334 g/mol. The summed E-state index contributed by atoms with van der Waals surface area (Å²) in [5.41, 5.74) is 1.65. The highest BCUT2D eigenvalue weighted by Crippen LogP contribution is 2.24. The topological polar surface area (TPSA) is 47.6 Å². The van der Waals surface area contributed by atoms with Gasteiger partial charge in [-0.3, -0.25) is 0 Å². The first kappa shape index (κ1) is 15.4. The first-order valence-corrected chi connectivity index (χ1v) is 7.17. The van der Waals surface area contributed by atoms with Gasteiger partial charge >= 0.3 is 5.97 Å². The molecular formula is C16H16BrNO3. The van der Waals surface area contributed by atoms with Crippen molar-refractivity contribution < 1.29 is 14.3 Å². The van der Waals surface area contributed by atoms with Crippen LogP contribution in [0.4, 0.5) is 5.69 Å². The van der Waals surface area contributed by atoms with Gasteiger partial charge in [-0.15, -0.1) is 0 Å². The second kappa shape index (κ2) is 7.13. The molecule has 1 N–H and O–H groups in total. The Morgan fingerprint density at radius 2 is 1.67 bits per heavy atom. The smallest absolute Gasteiger partial charge is 0.332 e. The number of carbonyl (C=O) groups excluding carboxylic acids is 1. The normalized spacial score (nSPS) is 11.6. The summed E-state index contributed by atoms with van der Waals surface area (Å²) in [6.07, 6.45) is 0. The number of esters is 1. The second-order valence-electron chi connectivity index (χ2n) is 4.38. The number of anilines is 1. The van der Waals surface area contributed by atoms with E-state index in [4.69, 9.17) is 9.47 Å². The Hall–Kier alpha value is -2.01. The lowest BCUT2D eigenvalue weighted by Gasteiger charge is -2.18. The number of hydrogen-bond donors (Lipinski definition) is 1. The van der Waals surface area contributed by atoms with Crippen LogP contribution >= 0.6 is 15.9 Å². The van der Waals surface area contributed by atoms with Crippen LogP contribution in [-0.2, 0) is 9.53 Å². The maximum absolute atomic E-state index is 12.0. The number of ether oxygens (including phenoxy) is 2. The maximum Gasteiger partial charge on any atom is 0.332 e. The predicted octanol–water partition coefficient (Wildman–Crippen LogP) is 3.78. The summed E-state index contributed by atoms with van der Waals surface area (Å²) in [6, 6.07) is 14.3. The van der Waals surface area contributed by atoms with Gasteiger partial charge in [0, 0.05) is 10.2 Å². The average Bonchev–Trinajstić information content (AvgIpc) is 2.53. The SMILES string of the molecule is COC(=O)C(Nc1ccc(OC)cc1)c1ccc(Br)cc1. The van der Waals surface area contributed by atoms with E-state index in [-0.39, 0.29) is 5.97 Å². The van der Waals surface area contributed by atoms with Crippen molar-refractivity contribution in [2.24, 2.45) is 0 Å². The van der Waals surface area contributed by atoms with Crippen LogP contribution in [0.15, 0.2) is 53.0 Å². The van der Waals surface area contributed by atoms with E-state index < -0.39 is 6.04 Å². The van der Waals surface area contributed by atoms with Gasteiger partial charge in [0.25, 0.3) is 0 Å². The van der Waals surface area contributed by atoms with E-state index in [1.54, 1.807) is 7.11 Å². The molecule has 0 saturated carbocycles. The zero-order valence-corrected chi connectivity index (χ0v) is 13.4. The molecule has 0 fully saturated rings. The summed E-state index contributed by atoms with van der Waals surface area (Å²) in [4.78, 5) is 12.0. The molecule has 0 amide bonds. The first-order valence-electron chi connectivity index (χ1n) is 6.38. The van der Waals surface area contributed by atoms with E-state index in [0.29, 0.717) is 0 Å². The molecule has 2 aromatic rings. The molecule has 4 nitrogen and oxygen atoms in total. The van der Waals surface area contributed by atoms with Crippen molar-refractivity contribution in [3.63, 3.8) is 0 Å². The van der Waals surface area contributed by atoms with Crippen LogP contribution < -0.4 is 10.1 Å². The van der Waals surface area contributed by atoms with Gasteiger partial charge in [-0.25, -0.2) is 4.79 Å². The van der Waals surface area contributed by atoms with E-state index >= 15 is 0 Å². The minimum atomic E-state index is -0.559. The Labute approximate surface area is 132 Å². The van der Waals surface area contributed by atoms with E-state index in [2.05, 4.69) is 21.2 Å². The Balaban J connectivity index is 2.23. The van der Waals surface area contributed by atoms with Crippen LogP contribution in [0.5, 0.6) is 5.75 Å². The molecule has 0 aliphatic carbocycles. The highest BCUT2D eigenvalue weighted by Gasteiger charge is 2.21. The average molecular weight is 350 g/mol. The summed E-state index contributed by atoms with van der Waals surface area (Å²) in [5.74, 6) is 0.423. The molecule has 1 unspecified atom stereocenters. The van der Waals surface area contributed by atoms with E-state index in [0.717, 1.165) is 21.5 Å². The molecule has 0 aromatic heterocycles. The molecule has 0 spiro atoms. The largest absolute Gasteiger partial charge is 0.497 e. The summed E-state index contributed by atoms with van der Waals surface area (Å²) < 4.78 is 10.9. The number of nitrogens with one attached hydrogen (secondary N) is 1. The number of rotatable bonds is 5. The van der Waals surface area contributed by atoms with Gasteiger partial charge in [0.05, 0.1) is 14.2 Å².